The number of benzene rings is 1. The Morgan fingerprint density at radius 1 is 1.55 bits per heavy atom. The lowest BCUT2D eigenvalue weighted by Gasteiger charge is -2.22. The molecule has 0 radical (unpaired) electrons. The van der Waals surface area contributed by atoms with Crippen molar-refractivity contribution < 1.29 is 9.53 Å². The molecule has 2 N–H and O–H groups in total. The zero-order chi connectivity index (χ0) is 15.1. The van der Waals surface area contributed by atoms with Gasteiger partial charge in [-0.3, -0.25) is 4.79 Å². The summed E-state index contributed by atoms with van der Waals surface area (Å²) in [6, 6.07) is 5.31. The molecule has 112 valence electrons. The first-order chi connectivity index (χ1) is 9.49. The fraction of sp³-hybridized carbons (Fsp3) is 0.500. The van der Waals surface area contributed by atoms with Gasteiger partial charge in [0.1, 0.15) is 5.75 Å². The molecule has 1 aromatic rings. The van der Waals surface area contributed by atoms with Crippen LogP contribution in [0.3, 0.4) is 0 Å². The van der Waals surface area contributed by atoms with Crippen molar-refractivity contribution >= 4 is 33.6 Å². The minimum Gasteiger partial charge on any atom is -0.496 e. The SMILES string of the molecule is COc1ccc(Br)cc1CN(C)C(=O)[C@H](N)CCSC. The van der Waals surface area contributed by atoms with E-state index in [4.69, 9.17) is 10.5 Å². The van der Waals surface area contributed by atoms with E-state index in [1.54, 1.807) is 30.8 Å². The molecule has 0 aliphatic carbocycles. The number of methoxy groups -OCH3 is 1. The molecule has 0 aliphatic rings. The summed E-state index contributed by atoms with van der Waals surface area (Å²) in [5.41, 5.74) is 6.87. The number of ether oxygens (including phenoxy) is 1. The molecule has 1 amide bonds. The summed E-state index contributed by atoms with van der Waals surface area (Å²) in [6.45, 7) is 0.481. The lowest BCUT2D eigenvalue weighted by Crippen LogP contribution is -2.41. The van der Waals surface area contributed by atoms with E-state index in [2.05, 4.69) is 15.9 Å². The number of amides is 1. The molecule has 0 saturated heterocycles. The topological polar surface area (TPSA) is 55.6 Å². The molecule has 1 rings (SSSR count). The Kier molecular flexibility index (Phi) is 7.40. The third kappa shape index (κ3) is 5.00. The van der Waals surface area contributed by atoms with Gasteiger partial charge in [-0.1, -0.05) is 15.9 Å². The maximum atomic E-state index is 12.2. The largest absolute Gasteiger partial charge is 0.496 e. The number of likely N-dealkylation sites (N-methyl/N-ethyl adjacent to an activating group) is 1. The second-order valence-corrected chi connectivity index (χ2v) is 6.44. The fourth-order valence-electron chi connectivity index (χ4n) is 1.86. The molecule has 0 spiro atoms. The first kappa shape index (κ1) is 17.3. The Morgan fingerprint density at radius 2 is 2.25 bits per heavy atom. The maximum absolute atomic E-state index is 12.2. The van der Waals surface area contributed by atoms with Crippen LogP contribution >= 0.6 is 27.7 Å². The highest BCUT2D eigenvalue weighted by Gasteiger charge is 2.18. The molecule has 1 atom stereocenters. The van der Waals surface area contributed by atoms with Crippen molar-refractivity contribution in [2.75, 3.05) is 26.2 Å². The molecule has 6 heteroatoms. The van der Waals surface area contributed by atoms with Crippen molar-refractivity contribution in [2.24, 2.45) is 5.73 Å². The van der Waals surface area contributed by atoms with E-state index in [1.165, 1.54) is 0 Å². The molecule has 0 fully saturated rings. The van der Waals surface area contributed by atoms with Crippen LogP contribution in [0.5, 0.6) is 5.75 Å². The van der Waals surface area contributed by atoms with E-state index in [0.29, 0.717) is 13.0 Å². The highest BCUT2D eigenvalue weighted by atomic mass is 79.9. The van der Waals surface area contributed by atoms with Crippen molar-refractivity contribution in [1.82, 2.24) is 4.90 Å². The number of nitrogens with two attached hydrogens (primary N) is 1. The Balaban J connectivity index is 2.72. The molecule has 0 bridgehead atoms. The van der Waals surface area contributed by atoms with Crippen molar-refractivity contribution in [3.05, 3.63) is 28.2 Å². The van der Waals surface area contributed by atoms with Crippen LogP contribution in [0.15, 0.2) is 22.7 Å². The van der Waals surface area contributed by atoms with Crippen LogP contribution in [0.4, 0.5) is 0 Å². The van der Waals surface area contributed by atoms with Gasteiger partial charge in [0.05, 0.1) is 13.2 Å². The minimum atomic E-state index is -0.439. The zero-order valence-electron chi connectivity index (χ0n) is 12.1. The van der Waals surface area contributed by atoms with Gasteiger partial charge in [-0.05, 0) is 36.6 Å². The Labute approximate surface area is 133 Å². The molecule has 20 heavy (non-hydrogen) atoms. The third-order valence-corrected chi connectivity index (χ3v) is 4.11. The molecule has 0 heterocycles. The lowest BCUT2D eigenvalue weighted by atomic mass is 10.1. The number of hydrogen-bond donors (Lipinski definition) is 1. The van der Waals surface area contributed by atoms with Crippen LogP contribution in [0.25, 0.3) is 0 Å². The molecular weight excluding hydrogens is 340 g/mol. The zero-order valence-corrected chi connectivity index (χ0v) is 14.5. The molecule has 1 aromatic carbocycles. The van der Waals surface area contributed by atoms with Gasteiger partial charge in [0.15, 0.2) is 0 Å². The molecular formula is C14H21BrN2O2S. The van der Waals surface area contributed by atoms with Gasteiger partial charge in [-0.2, -0.15) is 11.8 Å². The van der Waals surface area contributed by atoms with E-state index in [0.717, 1.165) is 21.5 Å². The normalized spacial score (nSPS) is 12.1. The predicted molar refractivity (Wildman–Crippen MR) is 88.1 cm³/mol. The van der Waals surface area contributed by atoms with Gasteiger partial charge in [0, 0.05) is 23.6 Å². The monoisotopic (exact) mass is 360 g/mol. The first-order valence-corrected chi connectivity index (χ1v) is 8.50. The highest BCUT2D eigenvalue weighted by molar-refractivity contribution is 9.10. The minimum absolute atomic E-state index is 0.0407. The number of nitrogens with zero attached hydrogens (tertiary/aromatic N) is 1. The molecule has 0 unspecified atom stereocenters. The average Bonchev–Trinajstić information content (AvgIpc) is 2.44. The van der Waals surface area contributed by atoms with E-state index < -0.39 is 6.04 Å². The number of rotatable bonds is 7. The number of thioether (sulfide) groups is 1. The summed E-state index contributed by atoms with van der Waals surface area (Å²) in [6.07, 6.45) is 2.70. The number of hydrogen-bond acceptors (Lipinski definition) is 4. The van der Waals surface area contributed by atoms with E-state index in [-0.39, 0.29) is 5.91 Å². The third-order valence-electron chi connectivity index (χ3n) is 2.98. The van der Waals surface area contributed by atoms with Crippen LogP contribution in [0.1, 0.15) is 12.0 Å². The van der Waals surface area contributed by atoms with Crippen LogP contribution in [-0.2, 0) is 11.3 Å². The van der Waals surface area contributed by atoms with Crippen molar-refractivity contribution in [3.63, 3.8) is 0 Å². The van der Waals surface area contributed by atoms with Gasteiger partial charge >= 0.3 is 0 Å². The van der Waals surface area contributed by atoms with Gasteiger partial charge in [-0.25, -0.2) is 0 Å². The number of halogens is 1. The van der Waals surface area contributed by atoms with Crippen LogP contribution in [0.2, 0.25) is 0 Å². The van der Waals surface area contributed by atoms with Crippen LogP contribution in [0, 0.1) is 0 Å². The van der Waals surface area contributed by atoms with Gasteiger partial charge in [-0.15, -0.1) is 0 Å². The molecule has 4 nitrogen and oxygen atoms in total. The van der Waals surface area contributed by atoms with Crippen LogP contribution in [-0.4, -0.2) is 43.0 Å². The molecule has 0 aromatic heterocycles. The van der Waals surface area contributed by atoms with Crippen LogP contribution < -0.4 is 10.5 Å². The van der Waals surface area contributed by atoms with E-state index >= 15 is 0 Å². The van der Waals surface area contributed by atoms with Gasteiger partial charge < -0.3 is 15.4 Å². The molecule has 0 aliphatic heterocycles. The first-order valence-electron chi connectivity index (χ1n) is 6.31. The van der Waals surface area contributed by atoms with E-state index in [9.17, 15) is 4.79 Å². The second kappa shape index (κ2) is 8.54. The summed E-state index contributed by atoms with van der Waals surface area (Å²) in [5.74, 6) is 1.62. The fourth-order valence-corrected chi connectivity index (χ4v) is 2.75. The van der Waals surface area contributed by atoms with Crippen molar-refractivity contribution in [2.45, 2.75) is 19.0 Å². The summed E-state index contributed by atoms with van der Waals surface area (Å²) < 4.78 is 6.27. The molecule has 0 saturated carbocycles. The highest BCUT2D eigenvalue weighted by Crippen LogP contribution is 2.24. The van der Waals surface area contributed by atoms with E-state index in [1.807, 2.05) is 24.5 Å². The second-order valence-electron chi connectivity index (χ2n) is 4.54. The predicted octanol–water partition coefficient (Wildman–Crippen LogP) is 2.50. The van der Waals surface area contributed by atoms with Gasteiger partial charge in [0.25, 0.3) is 0 Å². The van der Waals surface area contributed by atoms with Crippen molar-refractivity contribution in [1.29, 1.82) is 0 Å². The lowest BCUT2D eigenvalue weighted by molar-refractivity contribution is -0.131. The summed E-state index contributed by atoms with van der Waals surface area (Å²) in [7, 11) is 3.39. The Hall–Kier alpha value is -0.720. The number of carbonyl (C=O) groups excluding carboxylic acids is 1. The summed E-state index contributed by atoms with van der Waals surface area (Å²) in [4.78, 5) is 13.8. The standard InChI is InChI=1S/C14H21BrN2O2S/c1-17(14(18)12(16)6-7-20-3)9-10-8-11(15)4-5-13(10)19-2/h4-5,8,12H,6-7,9,16H2,1-3H3/t12-/m1/s1. The van der Waals surface area contributed by atoms with Crippen molar-refractivity contribution in [3.8, 4) is 5.75 Å². The quantitative estimate of drug-likeness (QED) is 0.811. The maximum Gasteiger partial charge on any atom is 0.239 e. The number of carbonyl (C=O) groups is 1. The Morgan fingerprint density at radius 3 is 2.85 bits per heavy atom. The summed E-state index contributed by atoms with van der Waals surface area (Å²) in [5, 5.41) is 0. The Bertz CT molecular complexity index is 457. The smallest absolute Gasteiger partial charge is 0.239 e. The average molecular weight is 361 g/mol. The van der Waals surface area contributed by atoms with Gasteiger partial charge in [0.2, 0.25) is 5.91 Å². The summed E-state index contributed by atoms with van der Waals surface area (Å²) >= 11 is 5.12.